The molecule has 7 heteroatoms. The minimum atomic E-state index is -0.0792. The highest BCUT2D eigenvalue weighted by atomic mass is 16.2. The molecule has 1 aliphatic rings. The molecule has 0 atom stereocenters. The molecule has 1 amide bonds. The third kappa shape index (κ3) is 6.54. The lowest BCUT2D eigenvalue weighted by Crippen LogP contribution is -2.47. The molecule has 1 saturated heterocycles. The summed E-state index contributed by atoms with van der Waals surface area (Å²) in [6, 6.07) is 6.66. The van der Waals surface area contributed by atoms with Gasteiger partial charge in [-0.25, -0.2) is 0 Å². The third-order valence-electron chi connectivity index (χ3n) is 6.17. The van der Waals surface area contributed by atoms with Crippen molar-refractivity contribution in [2.45, 2.75) is 59.0 Å². The topological polar surface area (TPSA) is 81.3 Å². The van der Waals surface area contributed by atoms with Gasteiger partial charge < -0.3 is 20.1 Å². The minimum Gasteiger partial charge on any atom is -0.364 e. The number of carbonyl (C=O) groups is 1. The van der Waals surface area contributed by atoms with Crippen molar-refractivity contribution in [1.82, 2.24) is 20.2 Å². The van der Waals surface area contributed by atoms with Gasteiger partial charge in [0.15, 0.2) is 0 Å². The lowest BCUT2D eigenvalue weighted by atomic mass is 10.0. The van der Waals surface area contributed by atoms with Crippen molar-refractivity contribution in [2.75, 3.05) is 31.1 Å². The van der Waals surface area contributed by atoms with Gasteiger partial charge >= 0.3 is 0 Å². The molecule has 0 bridgehead atoms. The average molecular weight is 452 g/mol. The number of anilines is 1. The van der Waals surface area contributed by atoms with Crippen LogP contribution < -0.4 is 15.8 Å². The zero-order valence-corrected chi connectivity index (χ0v) is 20.3. The average Bonchev–Trinajstić information content (AvgIpc) is 2.83. The number of likely N-dealkylation sites (tertiary alicyclic amines) is 1. The number of nitrogens with zero attached hydrogens (tertiary/aromatic N) is 3. The Balaban J connectivity index is 1.69. The summed E-state index contributed by atoms with van der Waals surface area (Å²) in [6.45, 7) is 11.2. The molecule has 0 radical (unpaired) electrons. The molecule has 0 aliphatic carbocycles. The second-order valence-corrected chi connectivity index (χ2v) is 8.80. The number of aromatic amines is 1. The molecule has 2 aromatic rings. The lowest BCUT2D eigenvalue weighted by Gasteiger charge is -2.38. The van der Waals surface area contributed by atoms with E-state index in [1.807, 2.05) is 29.3 Å². The number of hydrogen-bond donors (Lipinski definition) is 2. The number of aryl methyl sites for hydroxylation is 1. The van der Waals surface area contributed by atoms with Crippen molar-refractivity contribution >= 4 is 11.6 Å². The van der Waals surface area contributed by atoms with Crippen LogP contribution in [0.1, 0.15) is 46.2 Å². The van der Waals surface area contributed by atoms with Crippen LogP contribution in [0, 0.1) is 0 Å². The van der Waals surface area contributed by atoms with Crippen molar-refractivity contribution in [3.8, 4) is 11.1 Å². The SMILES string of the molecule is CCc1cc(-c2c[nH]c(=O)c(N(CC)C3CCN(C(=O)/C=C/CNC(C)C)CC3)c2)ccn1. The number of carbonyl (C=O) groups excluding carboxylic acids is 1. The highest BCUT2D eigenvalue weighted by Gasteiger charge is 2.27. The van der Waals surface area contributed by atoms with Crippen molar-refractivity contribution < 1.29 is 4.79 Å². The highest BCUT2D eigenvalue weighted by Crippen LogP contribution is 2.26. The van der Waals surface area contributed by atoms with E-state index in [1.165, 1.54) is 0 Å². The second kappa shape index (κ2) is 11.8. The molecule has 3 heterocycles. The summed E-state index contributed by atoms with van der Waals surface area (Å²) in [5.74, 6) is 0.0614. The van der Waals surface area contributed by atoms with E-state index in [1.54, 1.807) is 12.3 Å². The molecule has 33 heavy (non-hydrogen) atoms. The van der Waals surface area contributed by atoms with Crippen LogP contribution in [-0.2, 0) is 11.2 Å². The van der Waals surface area contributed by atoms with E-state index < -0.39 is 0 Å². The molecular formula is C26H37N5O2. The molecule has 1 aliphatic heterocycles. The van der Waals surface area contributed by atoms with Gasteiger partial charge in [-0.05, 0) is 49.9 Å². The fraction of sp³-hybridized carbons (Fsp3) is 0.500. The van der Waals surface area contributed by atoms with Crippen LogP contribution in [0.4, 0.5) is 5.69 Å². The maximum Gasteiger partial charge on any atom is 0.271 e. The van der Waals surface area contributed by atoms with Crippen LogP contribution >= 0.6 is 0 Å². The summed E-state index contributed by atoms with van der Waals surface area (Å²) in [5.41, 5.74) is 3.67. The Kier molecular flexibility index (Phi) is 8.83. The smallest absolute Gasteiger partial charge is 0.271 e. The van der Waals surface area contributed by atoms with Crippen molar-refractivity contribution in [3.05, 3.63) is 58.8 Å². The standard InChI is InChI=1S/C26H37N5O2/c1-5-22-16-20(9-13-28-22)21-17-24(26(33)29-18-21)31(6-2)23-10-14-30(15-11-23)25(32)8-7-12-27-19(3)4/h7-9,13,16-19,23,27H,5-6,10-12,14-15H2,1-4H3,(H,29,33)/b8-7+. The summed E-state index contributed by atoms with van der Waals surface area (Å²) < 4.78 is 0. The largest absolute Gasteiger partial charge is 0.364 e. The van der Waals surface area contributed by atoms with Gasteiger partial charge in [-0.3, -0.25) is 14.6 Å². The molecule has 2 N–H and O–H groups in total. The normalized spacial score (nSPS) is 14.9. The number of pyridine rings is 2. The molecule has 0 aromatic carbocycles. The number of amides is 1. The van der Waals surface area contributed by atoms with Crippen molar-refractivity contribution in [1.29, 1.82) is 0 Å². The molecule has 178 valence electrons. The number of H-pyrrole nitrogens is 1. The summed E-state index contributed by atoms with van der Waals surface area (Å²) in [5, 5.41) is 3.28. The van der Waals surface area contributed by atoms with Crippen molar-refractivity contribution in [2.24, 2.45) is 0 Å². The predicted octanol–water partition coefficient (Wildman–Crippen LogP) is 3.37. The summed E-state index contributed by atoms with van der Waals surface area (Å²) in [6.07, 6.45) is 9.70. The van der Waals surface area contributed by atoms with E-state index >= 15 is 0 Å². The van der Waals surface area contributed by atoms with Crippen LogP contribution in [0.3, 0.4) is 0 Å². The van der Waals surface area contributed by atoms with Crippen LogP contribution in [0.15, 0.2) is 47.5 Å². The Morgan fingerprint density at radius 2 is 2.03 bits per heavy atom. The number of rotatable bonds is 9. The number of piperidine rings is 1. The molecule has 1 fully saturated rings. The monoisotopic (exact) mass is 451 g/mol. The first-order valence-corrected chi connectivity index (χ1v) is 12.1. The number of aromatic nitrogens is 2. The lowest BCUT2D eigenvalue weighted by molar-refractivity contribution is -0.127. The molecule has 0 unspecified atom stereocenters. The van der Waals surface area contributed by atoms with Crippen LogP contribution in [0.25, 0.3) is 11.1 Å². The Morgan fingerprint density at radius 1 is 1.27 bits per heavy atom. The van der Waals surface area contributed by atoms with Gasteiger partial charge in [0, 0.05) is 68.0 Å². The molecule has 0 spiro atoms. The quantitative estimate of drug-likeness (QED) is 0.572. The molecular weight excluding hydrogens is 414 g/mol. The fourth-order valence-electron chi connectivity index (χ4n) is 4.29. The maximum atomic E-state index is 12.7. The minimum absolute atomic E-state index is 0.0614. The zero-order valence-electron chi connectivity index (χ0n) is 20.3. The van der Waals surface area contributed by atoms with E-state index in [9.17, 15) is 9.59 Å². The molecule has 2 aromatic heterocycles. The van der Waals surface area contributed by atoms with Gasteiger partial charge in [0.05, 0.1) is 0 Å². The van der Waals surface area contributed by atoms with Gasteiger partial charge in [-0.15, -0.1) is 0 Å². The zero-order chi connectivity index (χ0) is 23.8. The Hall–Kier alpha value is -2.93. The van der Waals surface area contributed by atoms with Gasteiger partial charge in [-0.2, -0.15) is 0 Å². The molecule has 0 saturated carbocycles. The third-order valence-corrected chi connectivity index (χ3v) is 6.17. The van der Waals surface area contributed by atoms with Gasteiger partial charge in [-0.1, -0.05) is 26.8 Å². The van der Waals surface area contributed by atoms with E-state index in [4.69, 9.17) is 0 Å². The number of hydrogen-bond acceptors (Lipinski definition) is 5. The van der Waals surface area contributed by atoms with E-state index in [0.717, 1.165) is 42.6 Å². The highest BCUT2D eigenvalue weighted by molar-refractivity contribution is 5.87. The van der Waals surface area contributed by atoms with Gasteiger partial charge in [0.2, 0.25) is 5.91 Å². The first-order valence-electron chi connectivity index (χ1n) is 12.1. The second-order valence-electron chi connectivity index (χ2n) is 8.80. The van der Waals surface area contributed by atoms with Crippen LogP contribution in [0.2, 0.25) is 0 Å². The van der Waals surface area contributed by atoms with E-state index in [2.05, 4.69) is 53.9 Å². The Bertz CT molecular complexity index is 1010. The fourth-order valence-corrected chi connectivity index (χ4v) is 4.29. The van der Waals surface area contributed by atoms with Crippen LogP contribution in [0.5, 0.6) is 0 Å². The predicted molar refractivity (Wildman–Crippen MR) is 135 cm³/mol. The summed E-state index contributed by atoms with van der Waals surface area (Å²) >= 11 is 0. The Labute approximate surface area is 196 Å². The first kappa shape index (κ1) is 24.7. The van der Waals surface area contributed by atoms with Crippen molar-refractivity contribution in [3.63, 3.8) is 0 Å². The van der Waals surface area contributed by atoms with E-state index in [-0.39, 0.29) is 17.5 Å². The Morgan fingerprint density at radius 3 is 2.70 bits per heavy atom. The molecule has 3 rings (SSSR count). The van der Waals surface area contributed by atoms with Gasteiger partial charge in [0.1, 0.15) is 5.69 Å². The van der Waals surface area contributed by atoms with E-state index in [0.29, 0.717) is 31.4 Å². The summed E-state index contributed by atoms with van der Waals surface area (Å²) in [7, 11) is 0. The van der Waals surface area contributed by atoms with Crippen LogP contribution in [-0.4, -0.2) is 59.0 Å². The summed E-state index contributed by atoms with van der Waals surface area (Å²) in [4.78, 5) is 36.6. The first-order chi connectivity index (χ1) is 15.9. The molecule has 7 nitrogen and oxygen atoms in total. The van der Waals surface area contributed by atoms with Gasteiger partial charge in [0.25, 0.3) is 5.56 Å². The number of nitrogens with one attached hydrogen (secondary N) is 2. The maximum absolute atomic E-state index is 12.7.